The van der Waals surface area contributed by atoms with Crippen molar-refractivity contribution in [1.82, 2.24) is 10.9 Å². The van der Waals surface area contributed by atoms with Gasteiger partial charge in [-0.05, 0) is 43.2 Å². The van der Waals surface area contributed by atoms with Crippen molar-refractivity contribution < 1.29 is 19.1 Å². The Morgan fingerprint density at radius 1 is 1.11 bits per heavy atom. The molecule has 1 aliphatic heterocycles. The lowest BCUT2D eigenvalue weighted by atomic mass is 10.1. The van der Waals surface area contributed by atoms with Gasteiger partial charge in [0.25, 0.3) is 5.91 Å². The monoisotopic (exact) mass is 381 g/mol. The average Bonchev–Trinajstić information content (AvgIpc) is 3.00. The second-order valence-electron chi connectivity index (χ2n) is 6.43. The van der Waals surface area contributed by atoms with Crippen LogP contribution in [0.5, 0.6) is 5.75 Å². The lowest BCUT2D eigenvalue weighted by molar-refractivity contribution is -0.123. The van der Waals surface area contributed by atoms with Gasteiger partial charge in [0.1, 0.15) is 11.8 Å². The van der Waals surface area contributed by atoms with Gasteiger partial charge in [-0.2, -0.15) is 0 Å². The summed E-state index contributed by atoms with van der Waals surface area (Å²) in [6.07, 6.45) is 0.879. The van der Waals surface area contributed by atoms with E-state index in [2.05, 4.69) is 10.9 Å². The van der Waals surface area contributed by atoms with Gasteiger partial charge in [-0.15, -0.1) is 0 Å². The molecular formula is C21H23N3O4. The number of carbonyl (C=O) groups is 3. The molecule has 1 unspecified atom stereocenters. The first kappa shape index (κ1) is 19.6. The smallest absolute Gasteiger partial charge is 0.253 e. The van der Waals surface area contributed by atoms with Crippen molar-refractivity contribution in [3.05, 3.63) is 60.2 Å². The van der Waals surface area contributed by atoms with Crippen molar-refractivity contribution in [2.24, 2.45) is 0 Å². The van der Waals surface area contributed by atoms with Gasteiger partial charge in [-0.3, -0.25) is 19.8 Å². The number of carbonyl (C=O) groups excluding carboxylic acids is 3. The molecular weight excluding hydrogens is 358 g/mol. The van der Waals surface area contributed by atoms with Crippen molar-refractivity contribution in [3.8, 4) is 5.75 Å². The zero-order valence-electron chi connectivity index (χ0n) is 15.7. The Balaban J connectivity index is 1.52. The van der Waals surface area contributed by atoms with E-state index in [9.17, 15) is 14.4 Å². The molecule has 3 rings (SSSR count). The van der Waals surface area contributed by atoms with E-state index in [1.807, 2.05) is 37.3 Å². The molecule has 1 heterocycles. The fourth-order valence-electron chi connectivity index (χ4n) is 3.01. The van der Waals surface area contributed by atoms with Crippen LogP contribution in [0.25, 0.3) is 0 Å². The molecule has 146 valence electrons. The highest BCUT2D eigenvalue weighted by atomic mass is 16.5. The van der Waals surface area contributed by atoms with Crippen LogP contribution in [0.4, 0.5) is 5.69 Å². The molecule has 1 atom stereocenters. The molecule has 0 saturated carbocycles. The number of hydrogen-bond donors (Lipinski definition) is 2. The summed E-state index contributed by atoms with van der Waals surface area (Å²) in [6, 6.07) is 15.7. The Labute approximate surface area is 163 Å². The van der Waals surface area contributed by atoms with Crippen LogP contribution in [-0.4, -0.2) is 30.4 Å². The lowest BCUT2D eigenvalue weighted by Crippen LogP contribution is -2.48. The van der Waals surface area contributed by atoms with Gasteiger partial charge in [-0.25, -0.2) is 10.3 Å². The number of hydrogen-bond acceptors (Lipinski definition) is 5. The molecule has 7 heteroatoms. The van der Waals surface area contributed by atoms with Crippen LogP contribution in [0.2, 0.25) is 0 Å². The third-order valence-electron chi connectivity index (χ3n) is 4.42. The second kappa shape index (κ2) is 9.14. The predicted molar refractivity (Wildman–Crippen MR) is 105 cm³/mol. The van der Waals surface area contributed by atoms with E-state index in [1.165, 1.54) is 0 Å². The van der Waals surface area contributed by atoms with Crippen molar-refractivity contribution in [3.63, 3.8) is 0 Å². The summed E-state index contributed by atoms with van der Waals surface area (Å²) >= 11 is 0. The number of anilines is 1. The maximum Gasteiger partial charge on any atom is 0.253 e. The molecule has 28 heavy (non-hydrogen) atoms. The minimum Gasteiger partial charge on any atom is -0.494 e. The van der Waals surface area contributed by atoms with Gasteiger partial charge in [0.15, 0.2) is 0 Å². The zero-order valence-corrected chi connectivity index (χ0v) is 15.7. The number of hydrazine groups is 1. The van der Waals surface area contributed by atoms with Crippen molar-refractivity contribution in [2.75, 3.05) is 11.5 Å². The van der Waals surface area contributed by atoms with E-state index in [0.717, 1.165) is 10.5 Å². The van der Waals surface area contributed by atoms with Crippen LogP contribution in [-0.2, 0) is 20.8 Å². The first-order valence-electron chi connectivity index (χ1n) is 9.26. The molecule has 2 N–H and O–H groups in total. The number of amides is 3. The third-order valence-corrected chi connectivity index (χ3v) is 4.42. The Morgan fingerprint density at radius 3 is 2.50 bits per heavy atom. The summed E-state index contributed by atoms with van der Waals surface area (Å²) in [7, 11) is 0. The van der Waals surface area contributed by atoms with E-state index in [0.29, 0.717) is 24.5 Å². The highest BCUT2D eigenvalue weighted by molar-refractivity contribution is 6.22. The summed E-state index contributed by atoms with van der Waals surface area (Å²) in [5.41, 5.74) is 6.77. The molecule has 2 aromatic carbocycles. The van der Waals surface area contributed by atoms with Crippen LogP contribution < -0.4 is 20.5 Å². The summed E-state index contributed by atoms with van der Waals surface area (Å²) in [5, 5.41) is 0. The van der Waals surface area contributed by atoms with Gasteiger partial charge in [0.05, 0.1) is 18.7 Å². The first-order valence-corrected chi connectivity index (χ1v) is 9.26. The van der Waals surface area contributed by atoms with Gasteiger partial charge < -0.3 is 4.74 Å². The number of imide groups is 1. The summed E-state index contributed by atoms with van der Waals surface area (Å²) in [6.45, 7) is 2.42. The molecule has 0 spiro atoms. The Bertz CT molecular complexity index is 836. The van der Waals surface area contributed by atoms with Gasteiger partial charge in [0, 0.05) is 6.42 Å². The number of nitrogens with zero attached hydrogens (tertiary/aromatic N) is 1. The highest BCUT2D eigenvalue weighted by Crippen LogP contribution is 2.25. The fraction of sp³-hybridized carbons (Fsp3) is 0.286. The predicted octanol–water partition coefficient (Wildman–Crippen LogP) is 1.97. The van der Waals surface area contributed by atoms with Crippen LogP contribution in [0, 0.1) is 0 Å². The minimum absolute atomic E-state index is 0.00892. The zero-order chi connectivity index (χ0) is 19.9. The molecule has 0 aromatic heterocycles. The quantitative estimate of drug-likeness (QED) is 0.539. The molecule has 3 amide bonds. The molecule has 1 saturated heterocycles. The Kier molecular flexibility index (Phi) is 6.39. The van der Waals surface area contributed by atoms with E-state index in [1.54, 1.807) is 24.3 Å². The van der Waals surface area contributed by atoms with Crippen LogP contribution in [0.3, 0.4) is 0 Å². The standard InChI is InChI=1S/C21H23N3O4/c1-2-28-17-11-9-16(10-12-17)24-20(26)14-18(21(24)27)22-23-19(25)13-8-15-6-4-3-5-7-15/h3-7,9-12,18,22H,2,8,13-14H2,1H3,(H,23,25). The maximum atomic E-state index is 12.6. The fourth-order valence-corrected chi connectivity index (χ4v) is 3.01. The lowest BCUT2D eigenvalue weighted by Gasteiger charge is -2.16. The van der Waals surface area contributed by atoms with Crippen LogP contribution in [0.15, 0.2) is 54.6 Å². The van der Waals surface area contributed by atoms with Crippen LogP contribution >= 0.6 is 0 Å². The molecule has 7 nitrogen and oxygen atoms in total. The van der Waals surface area contributed by atoms with Crippen molar-refractivity contribution in [1.29, 1.82) is 0 Å². The highest BCUT2D eigenvalue weighted by Gasteiger charge is 2.39. The molecule has 1 aliphatic rings. The second-order valence-corrected chi connectivity index (χ2v) is 6.43. The average molecular weight is 381 g/mol. The molecule has 0 aliphatic carbocycles. The van der Waals surface area contributed by atoms with E-state index < -0.39 is 11.9 Å². The molecule has 0 bridgehead atoms. The van der Waals surface area contributed by atoms with Crippen molar-refractivity contribution in [2.45, 2.75) is 32.2 Å². The van der Waals surface area contributed by atoms with E-state index in [-0.39, 0.29) is 24.7 Å². The first-order chi connectivity index (χ1) is 13.6. The van der Waals surface area contributed by atoms with Gasteiger partial charge >= 0.3 is 0 Å². The number of nitrogens with one attached hydrogen (secondary N) is 2. The molecule has 2 aromatic rings. The number of ether oxygens (including phenoxy) is 1. The maximum absolute atomic E-state index is 12.6. The normalized spacial score (nSPS) is 16.3. The number of benzene rings is 2. The molecule has 0 radical (unpaired) electrons. The van der Waals surface area contributed by atoms with Crippen molar-refractivity contribution >= 4 is 23.4 Å². The summed E-state index contributed by atoms with van der Waals surface area (Å²) in [5.74, 6) is -0.267. The topological polar surface area (TPSA) is 87.7 Å². The Hall–Kier alpha value is -3.19. The SMILES string of the molecule is CCOc1ccc(N2C(=O)CC(NNC(=O)CCc3ccccc3)C2=O)cc1. The number of aryl methyl sites for hydroxylation is 1. The van der Waals surface area contributed by atoms with Gasteiger partial charge in [-0.1, -0.05) is 30.3 Å². The third kappa shape index (κ3) is 4.75. The van der Waals surface area contributed by atoms with Gasteiger partial charge in [0.2, 0.25) is 11.8 Å². The van der Waals surface area contributed by atoms with E-state index in [4.69, 9.17) is 4.74 Å². The van der Waals surface area contributed by atoms with E-state index >= 15 is 0 Å². The van der Waals surface area contributed by atoms with Crippen LogP contribution in [0.1, 0.15) is 25.3 Å². The summed E-state index contributed by atoms with van der Waals surface area (Å²) in [4.78, 5) is 38.0. The molecule has 1 fully saturated rings. The summed E-state index contributed by atoms with van der Waals surface area (Å²) < 4.78 is 5.37. The largest absolute Gasteiger partial charge is 0.494 e. The Morgan fingerprint density at radius 2 is 1.82 bits per heavy atom. The number of rotatable bonds is 8. The minimum atomic E-state index is -0.778.